The molecule has 0 saturated heterocycles. The van der Waals surface area contributed by atoms with Gasteiger partial charge in [-0.2, -0.15) is 0 Å². The van der Waals surface area contributed by atoms with E-state index in [0.717, 1.165) is 0 Å². The first-order chi connectivity index (χ1) is 5.16. The summed E-state index contributed by atoms with van der Waals surface area (Å²) < 4.78 is 0. The highest BCUT2D eigenvalue weighted by atomic mass is 35.5. The van der Waals surface area contributed by atoms with Crippen molar-refractivity contribution in [2.24, 2.45) is 4.99 Å². The minimum Gasteiger partial charge on any atom is -0.242 e. The SMILES string of the molecule is C=C(/C=C\C)N=C(C)Cl.CC. The lowest BCUT2D eigenvalue weighted by Crippen LogP contribution is -1.75. The number of aliphatic imine (C=N–C) groups is 1. The van der Waals surface area contributed by atoms with Crippen LogP contribution in [0.3, 0.4) is 0 Å². The van der Waals surface area contributed by atoms with Crippen molar-refractivity contribution >= 4 is 16.8 Å². The number of hydrogen-bond acceptors (Lipinski definition) is 1. The molecule has 0 N–H and O–H groups in total. The van der Waals surface area contributed by atoms with Crippen molar-refractivity contribution < 1.29 is 0 Å². The molecule has 1 nitrogen and oxygen atoms in total. The first-order valence-corrected chi connectivity index (χ1v) is 4.07. The van der Waals surface area contributed by atoms with E-state index in [9.17, 15) is 0 Å². The molecular formula is C9H16ClN. The van der Waals surface area contributed by atoms with E-state index in [1.165, 1.54) is 0 Å². The van der Waals surface area contributed by atoms with Crippen molar-refractivity contribution in [1.29, 1.82) is 0 Å². The number of hydrogen-bond donors (Lipinski definition) is 0. The second-order valence-electron chi connectivity index (χ2n) is 1.60. The first kappa shape index (κ1) is 13.1. The summed E-state index contributed by atoms with van der Waals surface area (Å²) in [6.45, 7) is 11.3. The minimum atomic E-state index is 0.512. The number of nitrogens with zero attached hydrogens (tertiary/aromatic N) is 1. The van der Waals surface area contributed by atoms with Crippen LogP contribution in [0.4, 0.5) is 0 Å². The third-order valence-corrected chi connectivity index (χ3v) is 0.741. The molecule has 0 heterocycles. The lowest BCUT2D eigenvalue weighted by atomic mass is 10.4. The fourth-order valence-corrected chi connectivity index (χ4v) is 0.536. The Morgan fingerprint density at radius 1 is 1.45 bits per heavy atom. The summed E-state index contributed by atoms with van der Waals surface area (Å²) in [7, 11) is 0. The minimum absolute atomic E-state index is 0.512. The predicted molar refractivity (Wildman–Crippen MR) is 54.3 cm³/mol. The molecule has 0 saturated carbocycles. The molecule has 0 aliphatic rings. The normalized spacial score (nSPS) is 10.8. The average molecular weight is 174 g/mol. The van der Waals surface area contributed by atoms with E-state index in [0.29, 0.717) is 10.9 Å². The molecule has 0 aliphatic heterocycles. The van der Waals surface area contributed by atoms with E-state index in [4.69, 9.17) is 11.6 Å². The van der Waals surface area contributed by atoms with Crippen LogP contribution < -0.4 is 0 Å². The highest BCUT2D eigenvalue weighted by Gasteiger charge is 1.81. The monoisotopic (exact) mass is 173 g/mol. The van der Waals surface area contributed by atoms with Crippen LogP contribution in [-0.4, -0.2) is 5.17 Å². The van der Waals surface area contributed by atoms with E-state index < -0.39 is 0 Å². The lowest BCUT2D eigenvalue weighted by molar-refractivity contribution is 1.42. The van der Waals surface area contributed by atoms with Crippen LogP contribution in [0.1, 0.15) is 27.7 Å². The number of rotatable bonds is 2. The highest BCUT2D eigenvalue weighted by Crippen LogP contribution is 1.97. The largest absolute Gasteiger partial charge is 0.242 e. The molecule has 0 radical (unpaired) electrons. The Kier molecular flexibility index (Phi) is 11.2. The van der Waals surface area contributed by atoms with Gasteiger partial charge in [-0.25, -0.2) is 4.99 Å². The Morgan fingerprint density at radius 3 is 2.18 bits per heavy atom. The second-order valence-corrected chi connectivity index (χ2v) is 2.15. The molecule has 0 atom stereocenters. The smallest absolute Gasteiger partial charge is 0.103 e. The van der Waals surface area contributed by atoms with Crippen molar-refractivity contribution in [1.82, 2.24) is 0 Å². The van der Waals surface area contributed by atoms with E-state index in [1.54, 1.807) is 13.0 Å². The third-order valence-electron chi connectivity index (χ3n) is 0.657. The fourth-order valence-electron chi connectivity index (χ4n) is 0.428. The molecule has 0 unspecified atom stereocenters. The maximum absolute atomic E-state index is 5.46. The summed E-state index contributed by atoms with van der Waals surface area (Å²) in [5.41, 5.74) is 0.685. The van der Waals surface area contributed by atoms with Gasteiger partial charge in [-0.3, -0.25) is 0 Å². The average Bonchev–Trinajstić information content (AvgIpc) is 1.91. The summed E-state index contributed by atoms with van der Waals surface area (Å²) in [6, 6.07) is 0. The van der Waals surface area contributed by atoms with Gasteiger partial charge in [0.05, 0.1) is 5.70 Å². The van der Waals surface area contributed by atoms with Crippen LogP contribution in [0.2, 0.25) is 0 Å². The third kappa shape index (κ3) is 12.6. The van der Waals surface area contributed by atoms with E-state index in [2.05, 4.69) is 11.6 Å². The van der Waals surface area contributed by atoms with Crippen molar-refractivity contribution in [2.75, 3.05) is 0 Å². The van der Waals surface area contributed by atoms with Crippen LogP contribution in [0.15, 0.2) is 29.4 Å². The molecule has 0 aromatic heterocycles. The Morgan fingerprint density at radius 2 is 1.91 bits per heavy atom. The summed E-state index contributed by atoms with van der Waals surface area (Å²) in [5, 5.41) is 0.512. The Labute approximate surface area is 74.5 Å². The molecular weight excluding hydrogens is 158 g/mol. The Hall–Kier alpha value is -0.560. The van der Waals surface area contributed by atoms with Crippen molar-refractivity contribution in [2.45, 2.75) is 27.7 Å². The Balaban J connectivity index is 0. The zero-order valence-corrected chi connectivity index (χ0v) is 8.44. The molecule has 0 spiro atoms. The van der Waals surface area contributed by atoms with Gasteiger partial charge in [-0.05, 0) is 19.9 Å². The highest BCUT2D eigenvalue weighted by molar-refractivity contribution is 6.64. The van der Waals surface area contributed by atoms with Crippen molar-refractivity contribution in [3.05, 3.63) is 24.4 Å². The van der Waals surface area contributed by atoms with Gasteiger partial charge in [0.2, 0.25) is 0 Å². The molecule has 0 aliphatic carbocycles. The maximum atomic E-state index is 5.46. The zero-order valence-electron chi connectivity index (χ0n) is 7.69. The van der Waals surface area contributed by atoms with Gasteiger partial charge < -0.3 is 0 Å². The van der Waals surface area contributed by atoms with Gasteiger partial charge in [0.1, 0.15) is 5.17 Å². The zero-order chi connectivity index (χ0) is 9.28. The van der Waals surface area contributed by atoms with Crippen LogP contribution in [0.5, 0.6) is 0 Å². The molecule has 0 aromatic carbocycles. The van der Waals surface area contributed by atoms with Gasteiger partial charge in [0.15, 0.2) is 0 Å². The summed E-state index contributed by atoms with van der Waals surface area (Å²) in [5.74, 6) is 0. The molecule has 0 rings (SSSR count). The summed E-state index contributed by atoms with van der Waals surface area (Å²) in [4.78, 5) is 3.87. The van der Waals surface area contributed by atoms with Gasteiger partial charge in [0, 0.05) is 0 Å². The number of halogens is 1. The van der Waals surface area contributed by atoms with Crippen molar-refractivity contribution in [3.8, 4) is 0 Å². The van der Waals surface area contributed by atoms with Gasteiger partial charge in [0.25, 0.3) is 0 Å². The Bertz CT molecular complexity index is 153. The van der Waals surface area contributed by atoms with Gasteiger partial charge in [-0.1, -0.05) is 38.1 Å². The first-order valence-electron chi connectivity index (χ1n) is 3.69. The van der Waals surface area contributed by atoms with Crippen molar-refractivity contribution in [3.63, 3.8) is 0 Å². The maximum Gasteiger partial charge on any atom is 0.103 e. The van der Waals surface area contributed by atoms with E-state index in [1.807, 2.05) is 26.8 Å². The van der Waals surface area contributed by atoms with Crippen LogP contribution in [-0.2, 0) is 0 Å². The standard InChI is InChI=1S/C7H10ClN.C2H6/c1-4-5-6(2)9-7(3)8;1-2/h4-5H,2H2,1,3H3;1-2H3/b5-4-,9-7?;. The van der Waals surface area contributed by atoms with E-state index >= 15 is 0 Å². The fraction of sp³-hybridized carbons (Fsp3) is 0.444. The molecule has 0 fully saturated rings. The molecule has 11 heavy (non-hydrogen) atoms. The van der Waals surface area contributed by atoms with Gasteiger partial charge in [-0.15, -0.1) is 0 Å². The molecule has 0 aromatic rings. The van der Waals surface area contributed by atoms with Crippen LogP contribution in [0.25, 0.3) is 0 Å². The van der Waals surface area contributed by atoms with Gasteiger partial charge >= 0.3 is 0 Å². The predicted octanol–water partition coefficient (Wildman–Crippen LogP) is 3.76. The van der Waals surface area contributed by atoms with Crippen LogP contribution >= 0.6 is 11.6 Å². The molecule has 2 heteroatoms. The molecule has 64 valence electrons. The molecule has 0 amide bonds. The molecule has 0 bridgehead atoms. The summed E-state index contributed by atoms with van der Waals surface area (Å²) in [6.07, 6.45) is 3.66. The van der Waals surface area contributed by atoms with E-state index in [-0.39, 0.29) is 0 Å². The van der Waals surface area contributed by atoms with Crippen LogP contribution in [0, 0.1) is 0 Å². The second kappa shape index (κ2) is 9.44. The number of allylic oxidation sites excluding steroid dienone is 2. The summed E-state index contributed by atoms with van der Waals surface area (Å²) >= 11 is 5.46. The quantitative estimate of drug-likeness (QED) is 0.446. The lowest BCUT2D eigenvalue weighted by Gasteiger charge is -1.87. The topological polar surface area (TPSA) is 12.4 Å².